The fourth-order valence-corrected chi connectivity index (χ4v) is 1.34. The van der Waals surface area contributed by atoms with Crippen LogP contribution < -0.4 is 5.73 Å². The molecule has 2 heterocycles. The van der Waals surface area contributed by atoms with Gasteiger partial charge in [-0.2, -0.15) is 0 Å². The second-order valence-electron chi connectivity index (χ2n) is 3.16. The first kappa shape index (κ1) is 10.2. The average molecular weight is 219 g/mol. The second kappa shape index (κ2) is 3.65. The number of nitrogens with zero attached hydrogens (tertiary/aromatic N) is 2. The number of hydrogen-bond acceptors (Lipinski definition) is 4. The minimum absolute atomic E-state index is 0.184. The van der Waals surface area contributed by atoms with Gasteiger partial charge in [-0.25, -0.2) is 9.78 Å². The summed E-state index contributed by atoms with van der Waals surface area (Å²) in [7, 11) is 1.28. The van der Waals surface area contributed by atoms with Crippen LogP contribution in [0.25, 0.3) is 5.65 Å². The molecule has 0 unspecified atom stereocenters. The lowest BCUT2D eigenvalue weighted by molar-refractivity contribution is 0.0594. The third-order valence-electron chi connectivity index (χ3n) is 2.14. The molecule has 2 rings (SSSR count). The van der Waals surface area contributed by atoms with Crippen LogP contribution in [0.4, 0.5) is 0 Å². The lowest BCUT2D eigenvalue weighted by Crippen LogP contribution is -2.10. The highest BCUT2D eigenvalue weighted by molar-refractivity contribution is 5.94. The SMILES string of the molecule is COC(=O)c1cn2ccc(C(N)=O)cc2n1. The highest BCUT2D eigenvalue weighted by Crippen LogP contribution is 2.08. The molecule has 0 aromatic carbocycles. The number of nitrogens with two attached hydrogens (primary N) is 1. The van der Waals surface area contributed by atoms with Gasteiger partial charge < -0.3 is 14.9 Å². The first-order valence-electron chi connectivity index (χ1n) is 4.48. The van der Waals surface area contributed by atoms with Crippen molar-refractivity contribution in [2.24, 2.45) is 5.73 Å². The quantitative estimate of drug-likeness (QED) is 0.732. The average Bonchev–Trinajstić information content (AvgIpc) is 2.70. The molecular formula is C10H9N3O3. The molecule has 1 amide bonds. The topological polar surface area (TPSA) is 86.7 Å². The molecule has 6 nitrogen and oxygen atoms in total. The summed E-state index contributed by atoms with van der Waals surface area (Å²) in [5.41, 5.74) is 6.13. The number of methoxy groups -OCH3 is 1. The van der Waals surface area contributed by atoms with Gasteiger partial charge in [0.05, 0.1) is 7.11 Å². The van der Waals surface area contributed by atoms with Gasteiger partial charge in [0.25, 0.3) is 0 Å². The van der Waals surface area contributed by atoms with Crippen LogP contribution in [0.1, 0.15) is 20.8 Å². The van der Waals surface area contributed by atoms with Gasteiger partial charge in [-0.3, -0.25) is 4.79 Å². The monoisotopic (exact) mass is 219 g/mol. The standard InChI is InChI=1S/C10H9N3O3/c1-16-10(15)7-5-13-3-2-6(9(11)14)4-8(13)12-7/h2-5H,1H3,(H2,11,14). The highest BCUT2D eigenvalue weighted by Gasteiger charge is 2.11. The molecule has 82 valence electrons. The van der Waals surface area contributed by atoms with Crippen LogP contribution in [-0.2, 0) is 4.74 Å². The lowest BCUT2D eigenvalue weighted by Gasteiger charge is -1.95. The largest absolute Gasteiger partial charge is 0.464 e. The van der Waals surface area contributed by atoms with Crippen molar-refractivity contribution in [1.29, 1.82) is 0 Å². The minimum Gasteiger partial charge on any atom is -0.464 e. The van der Waals surface area contributed by atoms with Crippen molar-refractivity contribution in [1.82, 2.24) is 9.38 Å². The number of pyridine rings is 1. The van der Waals surface area contributed by atoms with Crippen LogP contribution in [-0.4, -0.2) is 28.4 Å². The van der Waals surface area contributed by atoms with Gasteiger partial charge in [0.1, 0.15) is 5.65 Å². The van der Waals surface area contributed by atoms with E-state index in [-0.39, 0.29) is 5.69 Å². The molecule has 0 saturated heterocycles. The number of hydrogen-bond donors (Lipinski definition) is 1. The van der Waals surface area contributed by atoms with Gasteiger partial charge in [-0.05, 0) is 12.1 Å². The lowest BCUT2D eigenvalue weighted by atomic mass is 10.2. The molecule has 0 fully saturated rings. The van der Waals surface area contributed by atoms with Gasteiger partial charge in [0.15, 0.2) is 5.69 Å². The van der Waals surface area contributed by atoms with E-state index in [2.05, 4.69) is 9.72 Å². The molecule has 2 N–H and O–H groups in total. The fourth-order valence-electron chi connectivity index (χ4n) is 1.34. The molecule has 0 saturated carbocycles. The number of primary amides is 1. The van der Waals surface area contributed by atoms with E-state index in [1.807, 2.05) is 0 Å². The summed E-state index contributed by atoms with van der Waals surface area (Å²) in [6, 6.07) is 3.06. The number of carbonyl (C=O) groups is 2. The predicted molar refractivity (Wildman–Crippen MR) is 55.0 cm³/mol. The summed E-state index contributed by atoms with van der Waals surface area (Å²) in [6.07, 6.45) is 3.13. The van der Waals surface area contributed by atoms with E-state index in [1.54, 1.807) is 16.7 Å². The van der Waals surface area contributed by atoms with Crippen molar-refractivity contribution >= 4 is 17.5 Å². The Bertz CT molecular complexity index is 574. The van der Waals surface area contributed by atoms with Gasteiger partial charge in [-0.1, -0.05) is 0 Å². The Balaban J connectivity index is 2.54. The molecule has 0 aliphatic heterocycles. The smallest absolute Gasteiger partial charge is 0.358 e. The first-order chi connectivity index (χ1) is 7.61. The van der Waals surface area contributed by atoms with Gasteiger partial charge in [-0.15, -0.1) is 0 Å². The first-order valence-corrected chi connectivity index (χ1v) is 4.48. The van der Waals surface area contributed by atoms with Crippen molar-refractivity contribution in [3.8, 4) is 0 Å². The molecule has 6 heteroatoms. The molecule has 2 aromatic rings. The zero-order valence-electron chi connectivity index (χ0n) is 8.51. The molecule has 2 aromatic heterocycles. The minimum atomic E-state index is -0.537. The van der Waals surface area contributed by atoms with Crippen molar-refractivity contribution in [2.75, 3.05) is 7.11 Å². The molecule has 0 aliphatic carbocycles. The van der Waals surface area contributed by atoms with Crippen LogP contribution >= 0.6 is 0 Å². The maximum atomic E-state index is 11.2. The fraction of sp³-hybridized carbons (Fsp3) is 0.100. The van der Waals surface area contributed by atoms with Crippen LogP contribution in [0.2, 0.25) is 0 Å². The maximum absolute atomic E-state index is 11.2. The number of amides is 1. The van der Waals surface area contributed by atoms with Crippen molar-refractivity contribution < 1.29 is 14.3 Å². The summed E-state index contributed by atoms with van der Waals surface area (Å²) in [6.45, 7) is 0. The van der Waals surface area contributed by atoms with Crippen LogP contribution in [0.15, 0.2) is 24.5 Å². The summed E-state index contributed by atoms with van der Waals surface area (Å²) in [4.78, 5) is 26.2. The van der Waals surface area contributed by atoms with Crippen molar-refractivity contribution in [3.05, 3.63) is 35.8 Å². The van der Waals surface area contributed by atoms with Crippen LogP contribution in [0.5, 0.6) is 0 Å². The Morgan fingerprint density at radius 3 is 2.88 bits per heavy atom. The van der Waals surface area contributed by atoms with Crippen molar-refractivity contribution in [3.63, 3.8) is 0 Å². The highest BCUT2D eigenvalue weighted by atomic mass is 16.5. The molecule has 0 aliphatic rings. The number of aromatic nitrogens is 2. The number of esters is 1. The summed E-state index contributed by atoms with van der Waals surface area (Å²) in [5, 5.41) is 0. The Hall–Kier alpha value is -2.37. The number of ether oxygens (including phenoxy) is 1. The predicted octanol–water partition coefficient (Wildman–Crippen LogP) is 0.220. The Kier molecular flexibility index (Phi) is 2.32. The zero-order valence-corrected chi connectivity index (χ0v) is 8.51. The summed E-state index contributed by atoms with van der Waals surface area (Å²) >= 11 is 0. The molecular weight excluding hydrogens is 210 g/mol. The normalized spacial score (nSPS) is 10.3. The summed E-state index contributed by atoms with van der Waals surface area (Å²) in [5.74, 6) is -1.06. The van der Waals surface area contributed by atoms with Gasteiger partial charge in [0.2, 0.25) is 5.91 Å². The third kappa shape index (κ3) is 1.60. The number of fused-ring (bicyclic) bond motifs is 1. The van der Waals surface area contributed by atoms with E-state index in [1.165, 1.54) is 19.4 Å². The molecule has 0 spiro atoms. The Morgan fingerprint density at radius 2 is 2.25 bits per heavy atom. The molecule has 16 heavy (non-hydrogen) atoms. The number of imidazole rings is 1. The van der Waals surface area contributed by atoms with Crippen molar-refractivity contribution in [2.45, 2.75) is 0 Å². The van der Waals surface area contributed by atoms with Gasteiger partial charge in [0, 0.05) is 18.0 Å². The van der Waals surface area contributed by atoms with E-state index in [4.69, 9.17) is 5.73 Å². The van der Waals surface area contributed by atoms with E-state index >= 15 is 0 Å². The zero-order chi connectivity index (χ0) is 11.7. The van der Waals surface area contributed by atoms with Crippen LogP contribution in [0, 0.1) is 0 Å². The van der Waals surface area contributed by atoms with E-state index in [0.717, 1.165) is 0 Å². The summed E-state index contributed by atoms with van der Waals surface area (Å²) < 4.78 is 6.15. The number of carbonyl (C=O) groups excluding carboxylic acids is 2. The second-order valence-corrected chi connectivity index (χ2v) is 3.16. The maximum Gasteiger partial charge on any atom is 0.358 e. The Morgan fingerprint density at radius 1 is 1.50 bits per heavy atom. The van der Waals surface area contributed by atoms with E-state index < -0.39 is 11.9 Å². The molecule has 0 bridgehead atoms. The number of rotatable bonds is 2. The van der Waals surface area contributed by atoms with E-state index in [9.17, 15) is 9.59 Å². The molecule has 0 atom stereocenters. The van der Waals surface area contributed by atoms with E-state index in [0.29, 0.717) is 11.2 Å². The third-order valence-corrected chi connectivity index (χ3v) is 2.14. The molecule has 0 radical (unpaired) electrons. The Labute approximate surface area is 90.6 Å². The van der Waals surface area contributed by atoms with Crippen LogP contribution in [0.3, 0.4) is 0 Å². The van der Waals surface area contributed by atoms with Gasteiger partial charge >= 0.3 is 5.97 Å².